The number of allylic oxidation sites excluding steroid dienone is 1. The average Bonchev–Trinajstić information content (AvgIpc) is 2.74. The van der Waals surface area contributed by atoms with E-state index in [0.717, 1.165) is 22.4 Å². The van der Waals surface area contributed by atoms with Crippen molar-refractivity contribution in [1.29, 1.82) is 0 Å². The smallest absolute Gasteiger partial charge is 0.241 e. The van der Waals surface area contributed by atoms with Crippen LogP contribution < -0.4 is 0 Å². The summed E-state index contributed by atoms with van der Waals surface area (Å²) in [5.74, 6) is -0.0124. The molecular formula is C24H21NOS. The van der Waals surface area contributed by atoms with E-state index < -0.39 is 5.25 Å². The second-order valence-corrected chi connectivity index (χ2v) is 7.27. The van der Waals surface area contributed by atoms with E-state index in [9.17, 15) is 4.79 Å². The highest BCUT2D eigenvalue weighted by Gasteiger charge is 2.36. The van der Waals surface area contributed by atoms with Crippen LogP contribution in [0.4, 0.5) is 0 Å². The van der Waals surface area contributed by atoms with E-state index in [1.807, 2.05) is 71.6 Å². The number of thiol groups is 1. The van der Waals surface area contributed by atoms with Gasteiger partial charge in [-0.05, 0) is 16.7 Å². The summed E-state index contributed by atoms with van der Waals surface area (Å²) in [6.45, 7) is 0.541. The van der Waals surface area contributed by atoms with Crippen LogP contribution >= 0.6 is 12.6 Å². The van der Waals surface area contributed by atoms with Crippen LogP contribution in [0, 0.1) is 0 Å². The van der Waals surface area contributed by atoms with Crippen LogP contribution in [0.1, 0.15) is 22.6 Å². The first kappa shape index (κ1) is 17.6. The molecule has 0 aliphatic carbocycles. The summed E-state index contributed by atoms with van der Waals surface area (Å²) in [4.78, 5) is 15.2. The Labute approximate surface area is 165 Å². The molecule has 1 aliphatic heterocycles. The van der Waals surface area contributed by atoms with Crippen molar-refractivity contribution in [2.45, 2.75) is 17.7 Å². The summed E-state index contributed by atoms with van der Waals surface area (Å²) < 4.78 is 0. The highest BCUT2D eigenvalue weighted by Crippen LogP contribution is 2.37. The van der Waals surface area contributed by atoms with Crippen molar-refractivity contribution in [3.8, 4) is 0 Å². The monoisotopic (exact) mass is 371 g/mol. The van der Waals surface area contributed by atoms with E-state index in [2.05, 4.69) is 30.3 Å². The minimum absolute atomic E-state index is 0.0393. The maximum absolute atomic E-state index is 13.3. The Morgan fingerprint density at radius 2 is 1.33 bits per heavy atom. The standard InChI is InChI=1S/C24H21NOS/c26-24-23(27)21(19-12-6-2-7-13-19)16-22(20-14-8-3-9-15-20)25(24)17-18-10-4-1-5-11-18/h1-16,21,23,27H,17H2/t21-,23-/m1/s1. The molecule has 0 unspecified atom stereocenters. The van der Waals surface area contributed by atoms with E-state index in [4.69, 9.17) is 12.6 Å². The second-order valence-electron chi connectivity index (χ2n) is 6.71. The molecule has 1 amide bonds. The van der Waals surface area contributed by atoms with Crippen LogP contribution in [0.25, 0.3) is 5.70 Å². The minimum atomic E-state index is -0.399. The molecule has 2 nitrogen and oxygen atoms in total. The summed E-state index contributed by atoms with van der Waals surface area (Å²) in [5, 5.41) is -0.399. The fourth-order valence-electron chi connectivity index (χ4n) is 3.53. The van der Waals surface area contributed by atoms with E-state index in [1.54, 1.807) is 0 Å². The predicted octanol–water partition coefficient (Wildman–Crippen LogP) is 5.15. The fourth-order valence-corrected chi connectivity index (χ4v) is 3.92. The third-order valence-corrected chi connectivity index (χ3v) is 5.47. The molecule has 0 radical (unpaired) electrons. The Morgan fingerprint density at radius 1 is 0.778 bits per heavy atom. The fraction of sp³-hybridized carbons (Fsp3) is 0.125. The Kier molecular flexibility index (Phi) is 5.12. The Hall–Kier alpha value is -2.78. The lowest BCUT2D eigenvalue weighted by Crippen LogP contribution is -2.41. The van der Waals surface area contributed by atoms with Crippen molar-refractivity contribution < 1.29 is 4.79 Å². The number of benzene rings is 3. The Morgan fingerprint density at radius 3 is 1.96 bits per heavy atom. The van der Waals surface area contributed by atoms with Crippen LogP contribution in [0.3, 0.4) is 0 Å². The molecule has 3 aromatic rings. The first-order valence-electron chi connectivity index (χ1n) is 9.09. The van der Waals surface area contributed by atoms with Crippen LogP contribution in [-0.4, -0.2) is 16.1 Å². The number of hydrogen-bond acceptors (Lipinski definition) is 2. The van der Waals surface area contributed by atoms with Gasteiger partial charge >= 0.3 is 0 Å². The normalized spacial score (nSPS) is 19.7. The Bertz CT molecular complexity index is 938. The van der Waals surface area contributed by atoms with Crippen LogP contribution in [-0.2, 0) is 11.3 Å². The van der Waals surface area contributed by atoms with Crippen molar-refractivity contribution in [3.05, 3.63) is 114 Å². The summed E-state index contributed by atoms with van der Waals surface area (Å²) >= 11 is 4.71. The molecule has 1 heterocycles. The van der Waals surface area contributed by atoms with Gasteiger partial charge < -0.3 is 4.90 Å². The van der Waals surface area contributed by atoms with E-state index in [-0.39, 0.29) is 11.8 Å². The van der Waals surface area contributed by atoms with Crippen LogP contribution in [0.5, 0.6) is 0 Å². The average molecular weight is 372 g/mol. The SMILES string of the molecule is O=C1[C@H](S)[C@@H](c2ccccc2)C=C(c2ccccc2)N1Cc1ccccc1. The predicted molar refractivity (Wildman–Crippen MR) is 113 cm³/mol. The molecular weight excluding hydrogens is 350 g/mol. The summed E-state index contributed by atoms with van der Waals surface area (Å²) in [7, 11) is 0. The molecule has 2 atom stereocenters. The summed E-state index contributed by atoms with van der Waals surface area (Å²) in [6, 6.07) is 30.3. The molecule has 134 valence electrons. The number of nitrogens with zero attached hydrogens (tertiary/aromatic N) is 1. The van der Waals surface area contributed by atoms with Crippen molar-refractivity contribution in [2.24, 2.45) is 0 Å². The lowest BCUT2D eigenvalue weighted by Gasteiger charge is -2.36. The maximum Gasteiger partial charge on any atom is 0.241 e. The quantitative estimate of drug-likeness (QED) is 0.629. The third-order valence-electron chi connectivity index (χ3n) is 4.92. The van der Waals surface area contributed by atoms with Gasteiger partial charge in [-0.15, -0.1) is 0 Å². The van der Waals surface area contributed by atoms with Gasteiger partial charge in [0.05, 0.1) is 11.8 Å². The molecule has 3 heteroatoms. The van der Waals surface area contributed by atoms with Gasteiger partial charge in [0, 0.05) is 11.6 Å². The third kappa shape index (κ3) is 3.69. The highest BCUT2D eigenvalue weighted by atomic mass is 32.1. The van der Waals surface area contributed by atoms with Gasteiger partial charge in [0.1, 0.15) is 0 Å². The minimum Gasteiger partial charge on any atom is -0.307 e. The maximum atomic E-state index is 13.3. The second kappa shape index (κ2) is 7.85. The zero-order valence-electron chi connectivity index (χ0n) is 14.9. The van der Waals surface area contributed by atoms with Gasteiger partial charge in [0.15, 0.2) is 0 Å². The molecule has 0 aromatic heterocycles. The molecule has 0 N–H and O–H groups in total. The van der Waals surface area contributed by atoms with Crippen LogP contribution in [0.2, 0.25) is 0 Å². The van der Waals surface area contributed by atoms with E-state index in [1.165, 1.54) is 0 Å². The van der Waals surface area contributed by atoms with Crippen LogP contribution in [0.15, 0.2) is 97.1 Å². The molecule has 1 aliphatic rings. The molecule has 27 heavy (non-hydrogen) atoms. The number of carbonyl (C=O) groups is 1. The topological polar surface area (TPSA) is 20.3 Å². The number of hydrogen-bond donors (Lipinski definition) is 1. The summed E-state index contributed by atoms with van der Waals surface area (Å²) in [5.41, 5.74) is 4.21. The first-order chi connectivity index (χ1) is 13.2. The lowest BCUT2D eigenvalue weighted by molar-refractivity contribution is -0.128. The molecule has 0 saturated carbocycles. The summed E-state index contributed by atoms with van der Waals surface area (Å²) in [6.07, 6.45) is 2.19. The van der Waals surface area contributed by atoms with Gasteiger partial charge in [-0.3, -0.25) is 4.79 Å². The Balaban J connectivity index is 1.79. The molecule has 0 spiro atoms. The van der Waals surface area contributed by atoms with Crippen molar-refractivity contribution in [1.82, 2.24) is 4.90 Å². The highest BCUT2D eigenvalue weighted by molar-refractivity contribution is 7.81. The molecule has 0 bridgehead atoms. The van der Waals surface area contributed by atoms with Gasteiger partial charge in [0.25, 0.3) is 0 Å². The van der Waals surface area contributed by atoms with Gasteiger partial charge in [0.2, 0.25) is 5.91 Å². The number of carbonyl (C=O) groups excluding carboxylic acids is 1. The zero-order valence-corrected chi connectivity index (χ0v) is 15.8. The zero-order chi connectivity index (χ0) is 18.6. The van der Waals surface area contributed by atoms with E-state index in [0.29, 0.717) is 6.54 Å². The molecule has 0 fully saturated rings. The van der Waals surface area contributed by atoms with E-state index >= 15 is 0 Å². The lowest BCUT2D eigenvalue weighted by atomic mass is 9.88. The molecule has 4 rings (SSSR count). The van der Waals surface area contributed by atoms with Crippen molar-refractivity contribution in [2.75, 3.05) is 0 Å². The molecule has 0 saturated heterocycles. The number of amides is 1. The van der Waals surface area contributed by atoms with Gasteiger partial charge in [-0.25, -0.2) is 0 Å². The largest absolute Gasteiger partial charge is 0.307 e. The van der Waals surface area contributed by atoms with Gasteiger partial charge in [-0.2, -0.15) is 12.6 Å². The first-order valence-corrected chi connectivity index (χ1v) is 9.61. The molecule has 3 aromatic carbocycles. The van der Waals surface area contributed by atoms with Gasteiger partial charge in [-0.1, -0.05) is 97.1 Å². The number of rotatable bonds is 4. The van der Waals surface area contributed by atoms with Crippen molar-refractivity contribution >= 4 is 24.2 Å². The van der Waals surface area contributed by atoms with Crippen molar-refractivity contribution in [3.63, 3.8) is 0 Å².